The third-order valence-electron chi connectivity index (χ3n) is 11.2. The van der Waals surface area contributed by atoms with Crippen molar-refractivity contribution in [1.82, 2.24) is 29.2 Å². The Kier molecular flexibility index (Phi) is 8.96. The summed E-state index contributed by atoms with van der Waals surface area (Å²) in [5.74, 6) is 0.467. The van der Waals surface area contributed by atoms with Gasteiger partial charge in [0.05, 0.1) is 11.4 Å². The molecule has 0 amide bonds. The highest BCUT2D eigenvalue weighted by atomic mass is 32.2. The molecule has 4 aromatic heterocycles. The standard InChI is InChI=1S/C23H22N4S.C22H21N5/c1-28-20-13-12-19-25-21(22(27(19)26-20)17-6-3-2-4-7-17)16-8-10-18(11-9-16)23(24)14-5-15-23;23-18-11-12-19-25-20(21(27(19)26-18)16-5-2-1-3-6-16)15-7-9-17(10-8-15)22(24)13-4-14-22/h2-4,6-13H,5,14-15,24H2,1H3;1-3,5-12H,4,13-14,24H2,(H2,23,26). The fraction of sp³-hybridized carbons (Fsp3) is 0.200. The summed E-state index contributed by atoms with van der Waals surface area (Å²) in [7, 11) is 0. The van der Waals surface area contributed by atoms with Crippen LogP contribution in [0, 0.1) is 0 Å². The molecule has 8 aromatic rings. The van der Waals surface area contributed by atoms with E-state index in [1.165, 1.54) is 24.0 Å². The third kappa shape index (κ3) is 6.46. The molecule has 0 aliphatic heterocycles. The highest BCUT2D eigenvalue weighted by molar-refractivity contribution is 7.98. The van der Waals surface area contributed by atoms with Gasteiger partial charge in [-0.15, -0.1) is 16.9 Å². The Morgan fingerprint density at radius 1 is 0.509 bits per heavy atom. The molecule has 55 heavy (non-hydrogen) atoms. The first-order valence-electron chi connectivity index (χ1n) is 18.8. The van der Waals surface area contributed by atoms with E-state index >= 15 is 0 Å². The molecular weight excluding hydrogens is 699 g/mol. The first-order chi connectivity index (χ1) is 26.8. The summed E-state index contributed by atoms with van der Waals surface area (Å²) in [5.41, 5.74) is 30.7. The maximum atomic E-state index is 6.50. The second-order valence-corrected chi connectivity index (χ2v) is 15.5. The number of aromatic nitrogens is 6. The van der Waals surface area contributed by atoms with Crippen LogP contribution in [0.15, 0.2) is 138 Å². The van der Waals surface area contributed by atoms with Crippen LogP contribution in [0.1, 0.15) is 49.7 Å². The third-order valence-corrected chi connectivity index (χ3v) is 11.8. The van der Waals surface area contributed by atoms with E-state index in [1.54, 1.807) is 17.8 Å². The van der Waals surface area contributed by atoms with Gasteiger partial charge in [-0.2, -0.15) is 5.10 Å². The summed E-state index contributed by atoms with van der Waals surface area (Å²) < 4.78 is 3.78. The molecule has 0 unspecified atom stereocenters. The van der Waals surface area contributed by atoms with E-state index in [2.05, 4.69) is 90.0 Å². The lowest BCUT2D eigenvalue weighted by Crippen LogP contribution is -2.43. The Hall–Kier alpha value is -5.81. The minimum atomic E-state index is -0.157. The normalized spacial score (nSPS) is 15.5. The van der Waals surface area contributed by atoms with Crippen LogP contribution < -0.4 is 17.2 Å². The van der Waals surface area contributed by atoms with Crippen molar-refractivity contribution in [2.24, 2.45) is 11.5 Å². The summed E-state index contributed by atoms with van der Waals surface area (Å²) in [5, 5.41) is 10.3. The van der Waals surface area contributed by atoms with E-state index in [9.17, 15) is 0 Å². The van der Waals surface area contributed by atoms with Crippen LogP contribution in [0.5, 0.6) is 0 Å². The van der Waals surface area contributed by atoms with Gasteiger partial charge < -0.3 is 17.2 Å². The van der Waals surface area contributed by atoms with E-state index in [1.807, 2.05) is 57.8 Å². The highest BCUT2D eigenvalue weighted by Gasteiger charge is 2.35. The fourth-order valence-corrected chi connectivity index (χ4v) is 8.07. The second kappa shape index (κ2) is 14.1. The van der Waals surface area contributed by atoms with Crippen LogP contribution in [0.3, 0.4) is 0 Å². The quantitative estimate of drug-likeness (QED) is 0.138. The minimum Gasteiger partial charge on any atom is -0.382 e. The van der Waals surface area contributed by atoms with Gasteiger partial charge in [0.1, 0.15) is 22.2 Å². The highest BCUT2D eigenvalue weighted by Crippen LogP contribution is 2.41. The zero-order valence-corrected chi connectivity index (χ0v) is 31.6. The van der Waals surface area contributed by atoms with Gasteiger partial charge in [0.25, 0.3) is 0 Å². The van der Waals surface area contributed by atoms with Crippen LogP contribution in [0.4, 0.5) is 5.82 Å². The summed E-state index contributed by atoms with van der Waals surface area (Å²) in [6, 6.07) is 45.3. The van der Waals surface area contributed by atoms with E-state index in [-0.39, 0.29) is 11.1 Å². The average molecular weight is 742 g/mol. The Labute approximate surface area is 324 Å². The average Bonchev–Trinajstić information content (AvgIpc) is 3.78. The SMILES string of the molecule is CSc1ccc2nc(-c3ccc(C4(N)CCC4)cc3)c(-c3ccccc3)n2n1.Nc1ccc2nc(-c3ccc(C4(N)CCC4)cc3)c(-c3ccccc3)n2n1. The topological polar surface area (TPSA) is 138 Å². The zero-order chi connectivity index (χ0) is 37.6. The van der Waals surface area contributed by atoms with E-state index in [0.29, 0.717) is 5.82 Å². The molecule has 0 bridgehead atoms. The molecule has 10 heteroatoms. The van der Waals surface area contributed by atoms with Crippen molar-refractivity contribution in [3.05, 3.63) is 145 Å². The molecule has 2 fully saturated rings. The molecule has 0 radical (unpaired) electrons. The molecule has 4 aromatic carbocycles. The summed E-state index contributed by atoms with van der Waals surface area (Å²) in [6.45, 7) is 0. The molecule has 10 rings (SSSR count). The molecular formula is C45H43N9S. The summed E-state index contributed by atoms with van der Waals surface area (Å²) >= 11 is 1.63. The monoisotopic (exact) mass is 741 g/mol. The van der Waals surface area contributed by atoms with E-state index < -0.39 is 0 Å². The van der Waals surface area contributed by atoms with Gasteiger partial charge in [0.2, 0.25) is 0 Å². The maximum Gasteiger partial charge on any atom is 0.155 e. The number of fused-ring (bicyclic) bond motifs is 2. The van der Waals surface area contributed by atoms with E-state index in [4.69, 9.17) is 32.3 Å². The lowest BCUT2D eigenvalue weighted by atomic mass is 9.72. The number of hydrogen-bond acceptors (Lipinski definition) is 8. The fourth-order valence-electron chi connectivity index (χ4n) is 7.70. The van der Waals surface area contributed by atoms with Crippen molar-refractivity contribution in [3.63, 3.8) is 0 Å². The molecule has 4 heterocycles. The molecule has 0 spiro atoms. The maximum absolute atomic E-state index is 6.50. The van der Waals surface area contributed by atoms with Gasteiger partial charge in [0.15, 0.2) is 11.3 Å². The largest absolute Gasteiger partial charge is 0.382 e. The summed E-state index contributed by atoms with van der Waals surface area (Å²) in [6.07, 6.45) is 8.70. The second-order valence-electron chi connectivity index (χ2n) is 14.7. The molecule has 0 saturated heterocycles. The number of thioether (sulfide) groups is 1. The van der Waals surface area contributed by atoms with Crippen molar-refractivity contribution < 1.29 is 0 Å². The molecule has 9 nitrogen and oxygen atoms in total. The predicted molar refractivity (Wildman–Crippen MR) is 223 cm³/mol. The van der Waals surface area contributed by atoms with Gasteiger partial charge in [0, 0.05) is 33.3 Å². The van der Waals surface area contributed by atoms with Gasteiger partial charge in [-0.25, -0.2) is 19.0 Å². The molecule has 6 N–H and O–H groups in total. The van der Waals surface area contributed by atoms with Crippen molar-refractivity contribution in [1.29, 1.82) is 0 Å². The Balaban J connectivity index is 0.000000144. The number of rotatable bonds is 7. The van der Waals surface area contributed by atoms with Gasteiger partial charge in [-0.1, -0.05) is 109 Å². The van der Waals surface area contributed by atoms with Gasteiger partial charge >= 0.3 is 0 Å². The number of benzene rings is 4. The van der Waals surface area contributed by atoms with Crippen LogP contribution in [-0.4, -0.2) is 35.5 Å². The Morgan fingerprint density at radius 3 is 1.36 bits per heavy atom. The van der Waals surface area contributed by atoms with Gasteiger partial charge in [-0.05, 0) is 80.2 Å². The van der Waals surface area contributed by atoms with Crippen molar-refractivity contribution in [3.8, 4) is 45.0 Å². The van der Waals surface area contributed by atoms with Crippen LogP contribution >= 0.6 is 11.8 Å². The predicted octanol–water partition coefficient (Wildman–Crippen LogP) is 9.11. The molecule has 2 saturated carbocycles. The minimum absolute atomic E-state index is 0.144. The smallest absolute Gasteiger partial charge is 0.155 e. The number of nitrogen functional groups attached to an aromatic ring is 1. The van der Waals surface area contributed by atoms with Crippen molar-refractivity contribution in [2.75, 3.05) is 12.0 Å². The van der Waals surface area contributed by atoms with Crippen LogP contribution in [0.2, 0.25) is 0 Å². The van der Waals surface area contributed by atoms with Crippen molar-refractivity contribution in [2.45, 2.75) is 54.6 Å². The molecule has 2 aliphatic rings. The van der Waals surface area contributed by atoms with E-state index in [0.717, 1.165) is 87.0 Å². The number of nitrogens with two attached hydrogens (primary N) is 3. The number of imidazole rings is 2. The lowest BCUT2D eigenvalue weighted by Gasteiger charge is -2.38. The number of hydrogen-bond donors (Lipinski definition) is 3. The van der Waals surface area contributed by atoms with Crippen molar-refractivity contribution >= 4 is 28.9 Å². The summed E-state index contributed by atoms with van der Waals surface area (Å²) in [4.78, 5) is 9.76. The molecule has 0 atom stereocenters. The van der Waals surface area contributed by atoms with Crippen LogP contribution in [0.25, 0.3) is 56.3 Å². The first-order valence-corrected chi connectivity index (χ1v) is 20.0. The zero-order valence-electron chi connectivity index (χ0n) is 30.8. The number of anilines is 1. The van der Waals surface area contributed by atoms with Gasteiger partial charge in [-0.3, -0.25) is 0 Å². The Bertz CT molecular complexity index is 2610. The molecule has 274 valence electrons. The lowest BCUT2D eigenvalue weighted by molar-refractivity contribution is 0.253. The van der Waals surface area contributed by atoms with Crippen LogP contribution in [-0.2, 0) is 11.1 Å². The molecule has 2 aliphatic carbocycles. The first kappa shape index (κ1) is 34.9. The number of nitrogens with zero attached hydrogens (tertiary/aromatic N) is 6. The Morgan fingerprint density at radius 2 is 0.945 bits per heavy atom.